The van der Waals surface area contributed by atoms with Gasteiger partial charge in [0.2, 0.25) is 0 Å². The number of rotatable bonds is 3. The summed E-state index contributed by atoms with van der Waals surface area (Å²) in [5.74, 6) is -0.321. The quantitative estimate of drug-likeness (QED) is 0.534. The van der Waals surface area contributed by atoms with Crippen LogP contribution in [0.1, 0.15) is 45.5 Å². The standard InChI is InChI=1S/C25H22N2O2/c28-24-19-10-3-2-9-17(19)18-11-8-12-20(23(18)24)25(29)26-21-13-4-5-14-22(21)27-15-6-1-7-16-27/h2-5,8-14H,1,6-7,15-16H2,(H,26,29). The van der Waals surface area contributed by atoms with Crippen LogP contribution in [-0.2, 0) is 0 Å². The molecule has 4 nitrogen and oxygen atoms in total. The molecule has 0 radical (unpaired) electrons. The Balaban J connectivity index is 1.49. The molecular formula is C25H22N2O2. The lowest BCUT2D eigenvalue weighted by molar-refractivity contribution is 0.0999. The van der Waals surface area contributed by atoms with Crippen molar-refractivity contribution >= 4 is 23.1 Å². The molecule has 0 unspecified atom stereocenters. The van der Waals surface area contributed by atoms with Gasteiger partial charge in [0.15, 0.2) is 5.78 Å². The molecule has 144 valence electrons. The summed E-state index contributed by atoms with van der Waals surface area (Å²) in [5.41, 5.74) is 5.16. The maximum atomic E-state index is 13.2. The second-order valence-corrected chi connectivity index (χ2v) is 7.62. The van der Waals surface area contributed by atoms with Crippen molar-refractivity contribution in [2.24, 2.45) is 0 Å². The maximum absolute atomic E-state index is 13.2. The molecule has 1 amide bonds. The number of nitrogens with zero attached hydrogens (tertiary/aromatic N) is 1. The van der Waals surface area contributed by atoms with E-state index in [1.807, 2.05) is 54.6 Å². The van der Waals surface area contributed by atoms with Crippen LogP contribution in [0, 0.1) is 0 Å². The maximum Gasteiger partial charge on any atom is 0.256 e. The molecule has 0 bridgehead atoms. The largest absolute Gasteiger partial charge is 0.370 e. The molecule has 0 spiro atoms. The Hall–Kier alpha value is -3.40. The molecule has 1 N–H and O–H groups in total. The van der Waals surface area contributed by atoms with Gasteiger partial charge in [0.05, 0.1) is 16.9 Å². The third-order valence-corrected chi connectivity index (χ3v) is 5.85. The Bertz CT molecular complexity index is 1110. The summed E-state index contributed by atoms with van der Waals surface area (Å²) in [6.45, 7) is 2.00. The van der Waals surface area contributed by atoms with Gasteiger partial charge in [-0.2, -0.15) is 0 Å². The fourth-order valence-corrected chi connectivity index (χ4v) is 4.44. The first kappa shape index (κ1) is 17.7. The zero-order valence-corrected chi connectivity index (χ0v) is 16.2. The molecule has 4 heteroatoms. The molecule has 2 aliphatic rings. The first-order valence-corrected chi connectivity index (χ1v) is 10.2. The van der Waals surface area contributed by atoms with Crippen molar-refractivity contribution in [1.29, 1.82) is 0 Å². The topological polar surface area (TPSA) is 49.4 Å². The van der Waals surface area contributed by atoms with Crippen molar-refractivity contribution in [3.8, 4) is 11.1 Å². The van der Waals surface area contributed by atoms with Crippen LogP contribution in [0.5, 0.6) is 0 Å². The van der Waals surface area contributed by atoms with Gasteiger partial charge in [0.25, 0.3) is 5.91 Å². The molecule has 1 aliphatic carbocycles. The number of piperidine rings is 1. The number of hydrogen-bond acceptors (Lipinski definition) is 3. The van der Waals surface area contributed by atoms with Gasteiger partial charge in [-0.1, -0.05) is 48.5 Å². The number of hydrogen-bond donors (Lipinski definition) is 1. The normalized spacial score (nSPS) is 15.0. The van der Waals surface area contributed by atoms with E-state index < -0.39 is 0 Å². The fourth-order valence-electron chi connectivity index (χ4n) is 4.44. The Morgan fingerprint density at radius 2 is 1.45 bits per heavy atom. The SMILES string of the molecule is O=C(Nc1ccccc1N1CCCCC1)c1cccc2c1C(=O)c1ccccc1-2. The second kappa shape index (κ2) is 7.21. The molecule has 5 rings (SSSR count). The lowest BCUT2D eigenvalue weighted by atomic mass is 10.00. The second-order valence-electron chi connectivity index (χ2n) is 7.62. The highest BCUT2D eigenvalue weighted by Gasteiger charge is 2.30. The molecule has 0 saturated carbocycles. The summed E-state index contributed by atoms with van der Waals surface area (Å²) >= 11 is 0. The Morgan fingerprint density at radius 1 is 0.759 bits per heavy atom. The van der Waals surface area contributed by atoms with Crippen LogP contribution in [-0.4, -0.2) is 24.8 Å². The fraction of sp³-hybridized carbons (Fsp3) is 0.200. The molecule has 29 heavy (non-hydrogen) atoms. The van der Waals surface area contributed by atoms with Gasteiger partial charge in [0, 0.05) is 24.2 Å². The minimum absolute atomic E-state index is 0.0781. The average molecular weight is 382 g/mol. The van der Waals surface area contributed by atoms with Crippen molar-refractivity contribution < 1.29 is 9.59 Å². The molecule has 1 fully saturated rings. The van der Waals surface area contributed by atoms with Crippen LogP contribution in [0.25, 0.3) is 11.1 Å². The summed E-state index contributed by atoms with van der Waals surface area (Å²) in [6, 6.07) is 21.0. The molecule has 0 aromatic heterocycles. The molecule has 0 atom stereocenters. The van der Waals surface area contributed by atoms with Gasteiger partial charge in [0.1, 0.15) is 0 Å². The minimum Gasteiger partial charge on any atom is -0.370 e. The Kier molecular flexibility index (Phi) is 4.39. The number of carbonyl (C=O) groups excluding carboxylic acids is 2. The van der Waals surface area contributed by atoms with Gasteiger partial charge >= 0.3 is 0 Å². The van der Waals surface area contributed by atoms with E-state index in [1.165, 1.54) is 19.3 Å². The highest BCUT2D eigenvalue weighted by Crippen LogP contribution is 2.38. The van der Waals surface area contributed by atoms with Crippen LogP contribution in [0.2, 0.25) is 0 Å². The van der Waals surface area contributed by atoms with Crippen LogP contribution in [0.15, 0.2) is 66.7 Å². The van der Waals surface area contributed by atoms with Gasteiger partial charge < -0.3 is 10.2 Å². The van der Waals surface area contributed by atoms with Crippen LogP contribution >= 0.6 is 0 Å². The lowest BCUT2D eigenvalue weighted by Crippen LogP contribution is -2.30. The highest BCUT2D eigenvalue weighted by molar-refractivity contribution is 6.26. The number of benzene rings is 3. The zero-order chi connectivity index (χ0) is 19.8. The average Bonchev–Trinajstić information content (AvgIpc) is 3.07. The summed E-state index contributed by atoms with van der Waals surface area (Å²) < 4.78 is 0. The first-order valence-electron chi connectivity index (χ1n) is 10.2. The van der Waals surface area contributed by atoms with Crippen LogP contribution in [0.3, 0.4) is 0 Å². The number of anilines is 2. The van der Waals surface area contributed by atoms with Crippen molar-refractivity contribution in [3.05, 3.63) is 83.4 Å². The van der Waals surface area contributed by atoms with Crippen molar-refractivity contribution in [2.45, 2.75) is 19.3 Å². The molecular weight excluding hydrogens is 360 g/mol. The number of fused-ring (bicyclic) bond motifs is 3. The summed E-state index contributed by atoms with van der Waals surface area (Å²) in [5, 5.41) is 3.07. The molecule has 3 aromatic rings. The van der Waals surface area contributed by atoms with Gasteiger partial charge in [-0.3, -0.25) is 9.59 Å². The molecule has 1 heterocycles. The highest BCUT2D eigenvalue weighted by atomic mass is 16.2. The Labute approximate surface area is 170 Å². The van der Waals surface area contributed by atoms with E-state index in [9.17, 15) is 9.59 Å². The van der Waals surface area contributed by atoms with Crippen molar-refractivity contribution in [2.75, 3.05) is 23.3 Å². The summed E-state index contributed by atoms with van der Waals surface area (Å²) in [6.07, 6.45) is 3.59. The predicted molar refractivity (Wildman–Crippen MR) is 116 cm³/mol. The van der Waals surface area contributed by atoms with Crippen molar-refractivity contribution in [3.63, 3.8) is 0 Å². The summed E-state index contributed by atoms with van der Waals surface area (Å²) in [7, 11) is 0. The monoisotopic (exact) mass is 382 g/mol. The first-order chi connectivity index (χ1) is 14.2. The predicted octanol–water partition coefficient (Wildman–Crippen LogP) is 5.14. The number of ketones is 1. The Morgan fingerprint density at radius 3 is 2.28 bits per heavy atom. The van der Waals surface area contributed by atoms with E-state index in [0.717, 1.165) is 35.6 Å². The third-order valence-electron chi connectivity index (χ3n) is 5.85. The van der Waals surface area contributed by atoms with E-state index >= 15 is 0 Å². The van der Waals surface area contributed by atoms with Gasteiger partial charge in [-0.15, -0.1) is 0 Å². The zero-order valence-electron chi connectivity index (χ0n) is 16.2. The van der Waals surface area contributed by atoms with Crippen LogP contribution in [0.4, 0.5) is 11.4 Å². The summed E-state index contributed by atoms with van der Waals surface area (Å²) in [4.78, 5) is 28.5. The third kappa shape index (κ3) is 3.01. The van der Waals surface area contributed by atoms with Gasteiger partial charge in [-0.25, -0.2) is 0 Å². The van der Waals surface area contributed by atoms with E-state index in [4.69, 9.17) is 0 Å². The van der Waals surface area contributed by atoms with Gasteiger partial charge in [-0.05, 0) is 48.6 Å². The number of carbonyl (C=O) groups is 2. The molecule has 3 aromatic carbocycles. The van der Waals surface area contributed by atoms with Crippen LogP contribution < -0.4 is 10.2 Å². The lowest BCUT2D eigenvalue weighted by Gasteiger charge is -2.30. The smallest absolute Gasteiger partial charge is 0.256 e. The number of amides is 1. The number of nitrogens with one attached hydrogen (secondary N) is 1. The number of para-hydroxylation sites is 2. The van der Waals surface area contributed by atoms with E-state index in [-0.39, 0.29) is 11.7 Å². The van der Waals surface area contributed by atoms with E-state index in [0.29, 0.717) is 16.7 Å². The molecule has 1 saturated heterocycles. The van der Waals surface area contributed by atoms with E-state index in [2.05, 4.69) is 16.3 Å². The minimum atomic E-state index is -0.243. The van der Waals surface area contributed by atoms with E-state index in [1.54, 1.807) is 6.07 Å². The molecule has 1 aliphatic heterocycles. The van der Waals surface area contributed by atoms with Crippen molar-refractivity contribution in [1.82, 2.24) is 0 Å².